The van der Waals surface area contributed by atoms with Gasteiger partial charge in [-0.2, -0.15) is 0 Å². The van der Waals surface area contributed by atoms with E-state index in [4.69, 9.17) is 4.74 Å². The van der Waals surface area contributed by atoms with E-state index in [1.807, 2.05) is 44.2 Å². The molecule has 3 aromatic rings. The van der Waals surface area contributed by atoms with Crippen LogP contribution in [0.15, 0.2) is 48.7 Å². The number of imidazole rings is 1. The van der Waals surface area contributed by atoms with Gasteiger partial charge in [0.05, 0.1) is 35.5 Å². The molecule has 0 unspecified atom stereocenters. The maximum absolute atomic E-state index is 13.4. The Morgan fingerprint density at radius 3 is 2.58 bits per heavy atom. The number of H-pyrrole nitrogens is 1. The summed E-state index contributed by atoms with van der Waals surface area (Å²) in [6, 6.07) is 11.9. The number of alkyl carbamates (subject to hydrolysis) is 1. The molecule has 1 saturated heterocycles. The summed E-state index contributed by atoms with van der Waals surface area (Å²) in [7, 11) is 1.27. The molecule has 0 spiro atoms. The molecule has 0 bridgehead atoms. The molecule has 0 aliphatic carbocycles. The Morgan fingerprint density at radius 1 is 1.18 bits per heavy atom. The molecule has 212 valence electrons. The number of hydrogen-bond donors (Lipinski definition) is 2. The molecular formula is C30H37N5O5. The summed E-state index contributed by atoms with van der Waals surface area (Å²) in [5, 5.41) is 14.6. The van der Waals surface area contributed by atoms with Crippen LogP contribution in [0.4, 0.5) is 10.5 Å². The molecule has 2 amide bonds. The molecule has 1 aromatic heterocycles. The van der Waals surface area contributed by atoms with Crippen molar-refractivity contribution in [1.29, 1.82) is 0 Å². The van der Waals surface area contributed by atoms with E-state index < -0.39 is 12.1 Å². The number of aromatic amines is 1. The van der Waals surface area contributed by atoms with Crippen LogP contribution in [0.1, 0.15) is 64.9 Å². The van der Waals surface area contributed by atoms with E-state index in [0.717, 1.165) is 29.5 Å². The van der Waals surface area contributed by atoms with Crippen molar-refractivity contribution < 1.29 is 19.2 Å². The third-order valence-electron chi connectivity index (χ3n) is 7.38. The highest BCUT2D eigenvalue weighted by atomic mass is 16.6. The molecule has 2 N–H and O–H groups in total. The monoisotopic (exact) mass is 547 g/mol. The van der Waals surface area contributed by atoms with Crippen molar-refractivity contribution in [2.75, 3.05) is 13.7 Å². The van der Waals surface area contributed by atoms with Crippen LogP contribution in [0.2, 0.25) is 0 Å². The summed E-state index contributed by atoms with van der Waals surface area (Å²) in [4.78, 5) is 46.6. The van der Waals surface area contributed by atoms with Gasteiger partial charge in [0.1, 0.15) is 11.9 Å². The van der Waals surface area contributed by atoms with Gasteiger partial charge in [-0.05, 0) is 47.4 Å². The zero-order valence-corrected chi connectivity index (χ0v) is 23.9. The molecule has 10 heteroatoms. The number of nitro benzene ring substituents is 1. The van der Waals surface area contributed by atoms with Gasteiger partial charge >= 0.3 is 6.09 Å². The summed E-state index contributed by atoms with van der Waals surface area (Å²) in [6.45, 7) is 10.6. The van der Waals surface area contributed by atoms with Crippen LogP contribution in [-0.4, -0.2) is 51.5 Å². The van der Waals surface area contributed by atoms with Gasteiger partial charge in [0.2, 0.25) is 5.91 Å². The fourth-order valence-electron chi connectivity index (χ4n) is 5.09. The molecule has 1 aliphatic rings. The Morgan fingerprint density at radius 2 is 1.93 bits per heavy atom. The zero-order chi connectivity index (χ0) is 29.2. The maximum Gasteiger partial charge on any atom is 0.407 e. The van der Waals surface area contributed by atoms with Crippen molar-refractivity contribution in [2.45, 2.75) is 65.0 Å². The Labute approximate surface area is 234 Å². The number of likely N-dealkylation sites (tertiary alicyclic amines) is 1. The fraction of sp³-hybridized carbons (Fsp3) is 0.433. The standard InChI is InChI=1S/C30H37N5O5/c1-18(2)26(33-29(37)40-6)28(36)34-14-8-11-25(34)27-31-17-23(32-27)20-12-13-24(35(38)39)22(16-20)19-9-7-10-21(15-19)30(3,4)5/h7,9-10,12-13,15-18,25-26H,8,11,14H2,1-6H3,(H,31,32)(H,33,37)/t25-,26-/m0/s1. The first kappa shape index (κ1) is 28.8. The number of carbonyl (C=O) groups is 2. The number of amides is 2. The second-order valence-electron chi connectivity index (χ2n) is 11.5. The van der Waals surface area contributed by atoms with E-state index in [9.17, 15) is 19.7 Å². The second-order valence-corrected chi connectivity index (χ2v) is 11.5. The minimum atomic E-state index is -0.719. The van der Waals surface area contributed by atoms with Crippen molar-refractivity contribution in [1.82, 2.24) is 20.2 Å². The fourth-order valence-corrected chi connectivity index (χ4v) is 5.09. The van der Waals surface area contributed by atoms with E-state index in [1.54, 1.807) is 17.2 Å². The van der Waals surface area contributed by atoms with Gasteiger partial charge < -0.3 is 19.9 Å². The molecule has 2 atom stereocenters. The molecule has 1 fully saturated rings. The van der Waals surface area contributed by atoms with Crippen LogP contribution in [0.5, 0.6) is 0 Å². The Bertz CT molecular complexity index is 1410. The molecular weight excluding hydrogens is 510 g/mol. The number of nitro groups is 1. The van der Waals surface area contributed by atoms with Gasteiger partial charge in [-0.1, -0.05) is 58.9 Å². The minimum absolute atomic E-state index is 0.0277. The highest BCUT2D eigenvalue weighted by Crippen LogP contribution is 2.37. The number of nitrogens with zero attached hydrogens (tertiary/aromatic N) is 3. The molecule has 4 rings (SSSR count). The minimum Gasteiger partial charge on any atom is -0.453 e. The lowest BCUT2D eigenvalue weighted by atomic mass is 9.85. The number of aromatic nitrogens is 2. The third kappa shape index (κ3) is 6.00. The number of rotatable bonds is 7. The summed E-state index contributed by atoms with van der Waals surface area (Å²) in [6.07, 6.45) is 2.58. The number of methoxy groups -OCH3 is 1. The highest BCUT2D eigenvalue weighted by Gasteiger charge is 2.37. The van der Waals surface area contributed by atoms with Crippen molar-refractivity contribution in [3.8, 4) is 22.4 Å². The van der Waals surface area contributed by atoms with Gasteiger partial charge in [-0.25, -0.2) is 9.78 Å². The summed E-state index contributed by atoms with van der Waals surface area (Å²) >= 11 is 0. The van der Waals surface area contributed by atoms with E-state index >= 15 is 0 Å². The number of benzene rings is 2. The van der Waals surface area contributed by atoms with Gasteiger partial charge in [0.15, 0.2) is 0 Å². The molecule has 0 radical (unpaired) electrons. The largest absolute Gasteiger partial charge is 0.453 e. The SMILES string of the molecule is COC(=O)N[C@H](C(=O)N1CCC[C@H]1c1ncc(-c2ccc([N+](=O)[O-])c(-c3cccc(C(C)(C)C)c3)c2)[nH]1)C(C)C. The molecule has 1 aliphatic heterocycles. The van der Waals surface area contributed by atoms with Crippen LogP contribution in [-0.2, 0) is 14.9 Å². The van der Waals surface area contributed by atoms with Gasteiger partial charge in [-0.3, -0.25) is 14.9 Å². The number of hydrogen-bond acceptors (Lipinski definition) is 6. The van der Waals surface area contributed by atoms with Gasteiger partial charge in [0, 0.05) is 18.2 Å². The Kier molecular flexibility index (Phi) is 8.27. The van der Waals surface area contributed by atoms with E-state index in [-0.39, 0.29) is 33.9 Å². The molecule has 40 heavy (non-hydrogen) atoms. The third-order valence-corrected chi connectivity index (χ3v) is 7.38. The number of nitrogens with one attached hydrogen (secondary N) is 2. The molecule has 2 heterocycles. The summed E-state index contributed by atoms with van der Waals surface area (Å²) < 4.78 is 4.71. The number of ether oxygens (including phenoxy) is 1. The van der Waals surface area contributed by atoms with Crippen molar-refractivity contribution in [2.24, 2.45) is 5.92 Å². The van der Waals surface area contributed by atoms with Crippen molar-refractivity contribution >= 4 is 17.7 Å². The first-order valence-corrected chi connectivity index (χ1v) is 13.5. The topological polar surface area (TPSA) is 130 Å². The maximum atomic E-state index is 13.4. The molecule has 2 aromatic carbocycles. The van der Waals surface area contributed by atoms with Crippen LogP contribution in [0.25, 0.3) is 22.4 Å². The quantitative estimate of drug-likeness (QED) is 0.276. The number of carbonyl (C=O) groups excluding carboxylic acids is 2. The predicted octanol–water partition coefficient (Wildman–Crippen LogP) is 5.99. The second kappa shape index (κ2) is 11.5. The molecule has 10 nitrogen and oxygen atoms in total. The molecule has 0 saturated carbocycles. The lowest BCUT2D eigenvalue weighted by molar-refractivity contribution is -0.384. The van der Waals surface area contributed by atoms with Crippen molar-refractivity contribution in [3.05, 3.63) is 70.2 Å². The lowest BCUT2D eigenvalue weighted by Gasteiger charge is -2.30. The predicted molar refractivity (Wildman–Crippen MR) is 153 cm³/mol. The first-order valence-electron chi connectivity index (χ1n) is 13.5. The van der Waals surface area contributed by atoms with E-state index in [1.165, 1.54) is 13.2 Å². The van der Waals surface area contributed by atoms with Gasteiger partial charge in [-0.15, -0.1) is 0 Å². The van der Waals surface area contributed by atoms with Gasteiger partial charge in [0.25, 0.3) is 5.69 Å². The van der Waals surface area contributed by atoms with Crippen molar-refractivity contribution in [3.63, 3.8) is 0 Å². The van der Waals surface area contributed by atoms with Crippen LogP contribution in [0, 0.1) is 16.0 Å². The Balaban J connectivity index is 1.66. The summed E-state index contributed by atoms with van der Waals surface area (Å²) in [5.41, 5.74) is 3.75. The normalized spacial score (nSPS) is 16.2. The highest BCUT2D eigenvalue weighted by molar-refractivity contribution is 5.86. The Hall–Kier alpha value is -4.21. The zero-order valence-electron chi connectivity index (χ0n) is 23.9. The van der Waals surface area contributed by atoms with Crippen LogP contribution in [0.3, 0.4) is 0 Å². The summed E-state index contributed by atoms with van der Waals surface area (Å²) in [5.74, 6) is 0.323. The smallest absolute Gasteiger partial charge is 0.407 e. The lowest BCUT2D eigenvalue weighted by Crippen LogP contribution is -2.51. The average Bonchev–Trinajstić information content (AvgIpc) is 3.60. The van der Waals surface area contributed by atoms with E-state index in [0.29, 0.717) is 23.6 Å². The average molecular weight is 548 g/mol. The van der Waals surface area contributed by atoms with E-state index in [2.05, 4.69) is 36.1 Å². The van der Waals surface area contributed by atoms with Crippen LogP contribution >= 0.6 is 0 Å². The van der Waals surface area contributed by atoms with Crippen LogP contribution < -0.4 is 5.32 Å². The first-order chi connectivity index (χ1) is 18.9.